The van der Waals surface area contributed by atoms with E-state index in [2.05, 4.69) is 4.74 Å². The van der Waals surface area contributed by atoms with Crippen molar-refractivity contribution in [2.24, 2.45) is 29.1 Å². The van der Waals surface area contributed by atoms with Crippen molar-refractivity contribution in [1.29, 1.82) is 0 Å². The smallest absolute Gasteiger partial charge is 0.405 e. The second-order valence-corrected chi connectivity index (χ2v) is 6.49. The van der Waals surface area contributed by atoms with Gasteiger partial charge < -0.3 is 4.74 Å². The van der Waals surface area contributed by atoms with Crippen molar-refractivity contribution in [1.82, 2.24) is 0 Å². The lowest BCUT2D eigenvalue weighted by atomic mass is 9.65. The molecule has 2 fully saturated rings. The van der Waals surface area contributed by atoms with Gasteiger partial charge in [-0.15, -0.1) is 0 Å². The summed E-state index contributed by atoms with van der Waals surface area (Å²) in [4.78, 5) is 12.0. The molecule has 2 aliphatic carbocycles. The van der Waals surface area contributed by atoms with E-state index in [1.807, 2.05) is 6.92 Å². The number of ether oxygens (including phenoxy) is 1. The first-order valence-corrected chi connectivity index (χ1v) is 7.21. The van der Waals surface area contributed by atoms with Gasteiger partial charge in [0.25, 0.3) is 0 Å². The molecule has 0 heterocycles. The number of fused-ring (bicyclic) bond motifs is 2. The van der Waals surface area contributed by atoms with E-state index >= 15 is 0 Å². The van der Waals surface area contributed by atoms with Crippen molar-refractivity contribution in [3.63, 3.8) is 0 Å². The summed E-state index contributed by atoms with van der Waals surface area (Å²) in [6.45, 7) is 2.45. The molecule has 22 heavy (non-hydrogen) atoms. The number of esters is 1. The number of carbonyl (C=O) groups is 1. The molecule has 8 heteroatoms. The Morgan fingerprint density at radius 1 is 1.14 bits per heavy atom. The number of carbonyl (C=O) groups excluding carboxylic acids is 1. The summed E-state index contributed by atoms with van der Waals surface area (Å²) in [6.07, 6.45) is -10.9. The number of hydrogen-bond donors (Lipinski definition) is 0. The lowest BCUT2D eigenvalue weighted by Crippen LogP contribution is -2.52. The Morgan fingerprint density at radius 2 is 1.73 bits per heavy atom. The molecule has 0 aliphatic heterocycles. The summed E-state index contributed by atoms with van der Waals surface area (Å²) in [7, 11) is 0. The molecule has 2 saturated carbocycles. The molecular weight excluding hydrogens is 314 g/mol. The predicted molar refractivity (Wildman–Crippen MR) is 64.7 cm³/mol. The van der Waals surface area contributed by atoms with Gasteiger partial charge in [-0.1, -0.05) is 13.8 Å². The molecule has 0 saturated heterocycles. The Hall–Kier alpha value is -0.950. The highest BCUT2D eigenvalue weighted by Crippen LogP contribution is 2.66. The fraction of sp³-hybridized carbons (Fsp3) is 0.929. The molecule has 2 bridgehead atoms. The molecule has 0 aromatic rings. The van der Waals surface area contributed by atoms with Gasteiger partial charge in [-0.2, -0.15) is 26.3 Å². The van der Waals surface area contributed by atoms with Gasteiger partial charge in [0.1, 0.15) is 0 Å². The number of halogens is 6. The van der Waals surface area contributed by atoms with Crippen LogP contribution in [-0.4, -0.2) is 24.9 Å². The summed E-state index contributed by atoms with van der Waals surface area (Å²) < 4.78 is 81.3. The molecule has 0 aromatic carbocycles. The van der Waals surface area contributed by atoms with Gasteiger partial charge in [-0.05, 0) is 36.5 Å². The van der Waals surface area contributed by atoms with Gasteiger partial charge in [0.05, 0.1) is 13.0 Å². The maximum atomic E-state index is 13.6. The summed E-state index contributed by atoms with van der Waals surface area (Å²) in [5.41, 5.74) is -2.64. The van der Waals surface area contributed by atoms with E-state index in [9.17, 15) is 31.1 Å². The number of alkyl halides is 6. The van der Waals surface area contributed by atoms with Gasteiger partial charge >= 0.3 is 18.3 Å². The van der Waals surface area contributed by atoms with Crippen LogP contribution in [0.1, 0.15) is 33.1 Å². The van der Waals surface area contributed by atoms with E-state index in [-0.39, 0.29) is 30.6 Å². The second kappa shape index (κ2) is 5.30. The Morgan fingerprint density at radius 3 is 2.14 bits per heavy atom. The molecular formula is C14H18F6O2. The van der Waals surface area contributed by atoms with Crippen molar-refractivity contribution in [2.45, 2.75) is 45.5 Å². The van der Waals surface area contributed by atoms with Crippen molar-refractivity contribution < 1.29 is 35.9 Å². The highest BCUT2D eigenvalue weighted by molar-refractivity contribution is 5.79. The third kappa shape index (κ3) is 2.69. The molecule has 0 aromatic heterocycles. The monoisotopic (exact) mass is 332 g/mol. The fourth-order valence-electron chi connectivity index (χ4n) is 4.10. The zero-order valence-electron chi connectivity index (χ0n) is 12.2. The minimum Gasteiger partial charge on any atom is -0.465 e. The maximum Gasteiger partial charge on any atom is 0.405 e. The minimum atomic E-state index is -4.81. The average Bonchev–Trinajstić information content (AvgIpc) is 2.86. The fourth-order valence-corrected chi connectivity index (χ4v) is 4.10. The normalized spacial score (nSPS) is 38.4. The van der Waals surface area contributed by atoms with Crippen LogP contribution in [0.4, 0.5) is 26.3 Å². The Balaban J connectivity index is 2.17. The lowest BCUT2D eigenvalue weighted by molar-refractivity contribution is -0.255. The van der Waals surface area contributed by atoms with Crippen LogP contribution in [-0.2, 0) is 9.53 Å². The first-order valence-electron chi connectivity index (χ1n) is 7.21. The van der Waals surface area contributed by atoms with Crippen molar-refractivity contribution in [3.05, 3.63) is 0 Å². The molecule has 2 nitrogen and oxygen atoms in total. The van der Waals surface area contributed by atoms with Crippen LogP contribution in [0, 0.1) is 29.1 Å². The zero-order chi connectivity index (χ0) is 16.9. The Bertz CT molecular complexity index is 442. The summed E-state index contributed by atoms with van der Waals surface area (Å²) in [6, 6.07) is 0. The molecule has 5 unspecified atom stereocenters. The van der Waals surface area contributed by atoms with Crippen molar-refractivity contribution >= 4 is 5.97 Å². The van der Waals surface area contributed by atoms with Crippen LogP contribution < -0.4 is 0 Å². The van der Waals surface area contributed by atoms with Crippen LogP contribution in [0.3, 0.4) is 0 Å². The second-order valence-electron chi connectivity index (χ2n) is 6.49. The minimum absolute atomic E-state index is 0.0726. The highest BCUT2D eigenvalue weighted by Gasteiger charge is 2.73. The van der Waals surface area contributed by atoms with Crippen LogP contribution in [0.5, 0.6) is 0 Å². The largest absolute Gasteiger partial charge is 0.465 e. The highest BCUT2D eigenvalue weighted by atomic mass is 19.4. The molecule has 0 N–H and O–H groups in total. The standard InChI is InChI=1S/C14H18F6O2/c1-7-8(2)10-5-9(7)6-12(10,14(18,19)20)11(21)22-4-3-13(15,16)17/h7-10H,3-6H2,1-2H3. The topological polar surface area (TPSA) is 26.3 Å². The molecule has 0 spiro atoms. The van der Waals surface area contributed by atoms with Crippen LogP contribution in [0.25, 0.3) is 0 Å². The first-order chi connectivity index (χ1) is 9.90. The van der Waals surface area contributed by atoms with E-state index in [1.54, 1.807) is 6.92 Å². The van der Waals surface area contributed by atoms with Crippen molar-refractivity contribution in [3.8, 4) is 0 Å². The quantitative estimate of drug-likeness (QED) is 0.568. The van der Waals surface area contributed by atoms with Crippen LogP contribution in [0.15, 0.2) is 0 Å². The Labute approximate surface area is 124 Å². The number of hydrogen-bond acceptors (Lipinski definition) is 2. The SMILES string of the molecule is CC1C2CC(C1C)C(C(=O)OCCC(F)(F)F)(C(F)(F)F)C2. The van der Waals surface area contributed by atoms with Crippen LogP contribution in [0.2, 0.25) is 0 Å². The van der Waals surface area contributed by atoms with Gasteiger partial charge in [-0.25, -0.2) is 0 Å². The predicted octanol–water partition coefficient (Wildman–Crippen LogP) is 4.34. The van der Waals surface area contributed by atoms with E-state index < -0.39 is 42.7 Å². The van der Waals surface area contributed by atoms with Gasteiger partial charge in [-0.3, -0.25) is 4.79 Å². The van der Waals surface area contributed by atoms with Gasteiger partial charge in [0, 0.05) is 0 Å². The molecule has 128 valence electrons. The van der Waals surface area contributed by atoms with E-state index in [0.29, 0.717) is 0 Å². The summed E-state index contributed by atoms with van der Waals surface area (Å²) in [5.74, 6) is -2.93. The number of rotatable bonds is 3. The zero-order valence-corrected chi connectivity index (χ0v) is 12.2. The summed E-state index contributed by atoms with van der Waals surface area (Å²) in [5, 5.41) is 0. The van der Waals surface area contributed by atoms with Crippen LogP contribution >= 0.6 is 0 Å². The van der Waals surface area contributed by atoms with E-state index in [0.717, 1.165) is 0 Å². The van der Waals surface area contributed by atoms with E-state index in [4.69, 9.17) is 0 Å². The molecule has 5 atom stereocenters. The molecule has 2 aliphatic rings. The molecule has 0 amide bonds. The van der Waals surface area contributed by atoms with Gasteiger partial charge in [0.2, 0.25) is 0 Å². The van der Waals surface area contributed by atoms with Gasteiger partial charge in [0.15, 0.2) is 5.41 Å². The maximum absolute atomic E-state index is 13.6. The first kappa shape index (κ1) is 17.4. The third-order valence-electron chi connectivity index (χ3n) is 5.47. The van der Waals surface area contributed by atoms with E-state index in [1.165, 1.54) is 0 Å². The lowest BCUT2D eigenvalue weighted by Gasteiger charge is -2.41. The Kier molecular flexibility index (Phi) is 4.19. The molecule has 2 rings (SSSR count). The third-order valence-corrected chi connectivity index (χ3v) is 5.47. The molecule has 0 radical (unpaired) electrons. The average molecular weight is 332 g/mol. The van der Waals surface area contributed by atoms with Crippen molar-refractivity contribution in [2.75, 3.05) is 6.61 Å². The summed E-state index contributed by atoms with van der Waals surface area (Å²) >= 11 is 0.